The fourth-order valence-electron chi connectivity index (χ4n) is 1.51. The second kappa shape index (κ2) is 6.88. The quantitative estimate of drug-likeness (QED) is 0.471. The summed E-state index contributed by atoms with van der Waals surface area (Å²) >= 11 is 5.42. The smallest absolute Gasteiger partial charge is 0.469 e. The molecule has 118 valence electrons. The van der Waals surface area contributed by atoms with Crippen molar-refractivity contribution in [2.24, 2.45) is 0 Å². The number of aromatic nitrogens is 1. The molecule has 4 nitrogen and oxygen atoms in total. The van der Waals surface area contributed by atoms with Crippen molar-refractivity contribution in [3.8, 4) is 5.75 Å². The molecule has 0 N–H and O–H groups in total. The van der Waals surface area contributed by atoms with Gasteiger partial charge in [0.1, 0.15) is 0 Å². The molecule has 0 amide bonds. The van der Waals surface area contributed by atoms with Crippen molar-refractivity contribution < 1.29 is 36.2 Å². The lowest BCUT2D eigenvalue weighted by Gasteiger charge is -2.18. The van der Waals surface area contributed by atoms with Crippen molar-refractivity contribution >= 4 is 17.6 Å². The Bertz CT molecular complexity index is 521. The molecule has 1 aromatic heterocycles. The Morgan fingerprint density at radius 2 is 2.05 bits per heavy atom. The molecule has 21 heavy (non-hydrogen) atoms. The summed E-state index contributed by atoms with van der Waals surface area (Å²) in [5.74, 6) is -2.51. The van der Waals surface area contributed by atoms with Crippen LogP contribution in [-0.2, 0) is 21.8 Å². The van der Waals surface area contributed by atoms with Gasteiger partial charge in [-0.3, -0.25) is 9.78 Å². The molecule has 0 unspecified atom stereocenters. The van der Waals surface area contributed by atoms with E-state index in [1.807, 2.05) is 0 Å². The number of hydrogen-bond donors (Lipinski definition) is 0. The highest BCUT2D eigenvalue weighted by molar-refractivity contribution is 6.17. The largest absolute Gasteiger partial charge is 0.573 e. The van der Waals surface area contributed by atoms with Crippen LogP contribution in [0.3, 0.4) is 0 Å². The minimum absolute atomic E-state index is 0.405. The average Bonchev–Trinajstić information content (AvgIpc) is 2.38. The van der Waals surface area contributed by atoms with Gasteiger partial charge in [0.05, 0.1) is 25.1 Å². The van der Waals surface area contributed by atoms with E-state index in [9.17, 15) is 26.7 Å². The zero-order valence-corrected chi connectivity index (χ0v) is 11.3. The number of halogens is 6. The average molecular weight is 334 g/mol. The second-order valence-electron chi connectivity index (χ2n) is 3.70. The highest BCUT2D eigenvalue weighted by Gasteiger charge is 2.35. The van der Waals surface area contributed by atoms with Crippen LogP contribution in [0.15, 0.2) is 6.20 Å². The highest BCUT2D eigenvalue weighted by atomic mass is 35.5. The molecule has 0 atom stereocenters. The normalized spacial score (nSPS) is 11.6. The van der Waals surface area contributed by atoms with Gasteiger partial charge >= 0.3 is 12.3 Å². The summed E-state index contributed by atoms with van der Waals surface area (Å²) in [6.07, 6.45) is -8.46. The topological polar surface area (TPSA) is 48.4 Å². The third-order valence-corrected chi connectivity index (χ3v) is 2.63. The van der Waals surface area contributed by atoms with E-state index in [0.29, 0.717) is 6.20 Å². The standard InChI is InChI=1S/C11H9ClF5NO3/c1-20-8(19)2-5-6(10(13)14)4-18-7(3-12)9(5)21-11(15,16)17/h4,10H,2-3H2,1H3. The first-order chi connectivity index (χ1) is 9.69. The van der Waals surface area contributed by atoms with Crippen molar-refractivity contribution in [3.05, 3.63) is 23.0 Å². The number of alkyl halides is 6. The molecule has 1 rings (SSSR count). The molecule has 0 aromatic carbocycles. The number of methoxy groups -OCH3 is 1. The van der Waals surface area contributed by atoms with Gasteiger partial charge in [-0.25, -0.2) is 8.78 Å². The Hall–Kier alpha value is -1.64. The highest BCUT2D eigenvalue weighted by Crippen LogP contribution is 2.36. The predicted molar refractivity (Wildman–Crippen MR) is 61.2 cm³/mol. The number of pyridine rings is 1. The Morgan fingerprint density at radius 3 is 2.48 bits per heavy atom. The second-order valence-corrected chi connectivity index (χ2v) is 3.97. The van der Waals surface area contributed by atoms with Gasteiger partial charge < -0.3 is 9.47 Å². The van der Waals surface area contributed by atoms with Crippen LogP contribution < -0.4 is 4.74 Å². The number of carbonyl (C=O) groups excluding carboxylic acids is 1. The molecule has 0 fully saturated rings. The lowest BCUT2D eigenvalue weighted by Crippen LogP contribution is -2.21. The molecule has 1 aromatic rings. The maximum atomic E-state index is 12.9. The van der Waals surface area contributed by atoms with Crippen molar-refractivity contribution in [3.63, 3.8) is 0 Å². The van der Waals surface area contributed by atoms with Crippen LogP contribution in [0.4, 0.5) is 22.0 Å². The van der Waals surface area contributed by atoms with Gasteiger partial charge in [-0.2, -0.15) is 0 Å². The zero-order chi connectivity index (χ0) is 16.2. The maximum Gasteiger partial charge on any atom is 0.573 e. The molecule has 0 saturated carbocycles. The van der Waals surface area contributed by atoms with Gasteiger partial charge in [0, 0.05) is 17.3 Å². The molecule has 0 bridgehead atoms. The van der Waals surface area contributed by atoms with Gasteiger partial charge in [-0.05, 0) is 0 Å². The molecule has 0 aliphatic rings. The van der Waals surface area contributed by atoms with Gasteiger partial charge in [-0.1, -0.05) is 0 Å². The summed E-state index contributed by atoms with van der Waals surface area (Å²) < 4.78 is 70.9. The fourth-order valence-corrected chi connectivity index (χ4v) is 1.70. The van der Waals surface area contributed by atoms with Crippen LogP contribution in [-0.4, -0.2) is 24.4 Å². The summed E-state index contributed by atoms with van der Waals surface area (Å²) in [7, 11) is 0.971. The summed E-state index contributed by atoms with van der Waals surface area (Å²) in [5.41, 5.74) is -1.91. The third-order valence-electron chi connectivity index (χ3n) is 2.37. The number of ether oxygens (including phenoxy) is 2. The van der Waals surface area contributed by atoms with Crippen LogP contribution in [0, 0.1) is 0 Å². The van der Waals surface area contributed by atoms with Crippen LogP contribution in [0.5, 0.6) is 5.75 Å². The summed E-state index contributed by atoms with van der Waals surface area (Å²) in [6, 6.07) is 0. The molecule has 1 heterocycles. The lowest BCUT2D eigenvalue weighted by atomic mass is 10.0. The van der Waals surface area contributed by atoms with Crippen LogP contribution in [0.1, 0.15) is 23.2 Å². The van der Waals surface area contributed by atoms with E-state index in [2.05, 4.69) is 14.5 Å². The molecule has 0 aliphatic heterocycles. The van der Waals surface area contributed by atoms with Crippen LogP contribution >= 0.6 is 11.6 Å². The van der Waals surface area contributed by atoms with Crippen molar-refractivity contribution in [1.29, 1.82) is 0 Å². The van der Waals surface area contributed by atoms with E-state index >= 15 is 0 Å². The molecular formula is C11H9ClF5NO3. The van der Waals surface area contributed by atoms with Crippen LogP contribution in [0.25, 0.3) is 0 Å². The molecule has 0 spiro atoms. The van der Waals surface area contributed by atoms with Crippen molar-refractivity contribution in [2.75, 3.05) is 7.11 Å². The molecular weight excluding hydrogens is 325 g/mol. The Labute approximate surface area is 120 Å². The summed E-state index contributed by atoms with van der Waals surface area (Å²) in [6.45, 7) is 0. The van der Waals surface area contributed by atoms with E-state index in [1.165, 1.54) is 0 Å². The number of nitrogens with zero attached hydrogens (tertiary/aromatic N) is 1. The molecule has 0 radical (unpaired) electrons. The number of esters is 1. The lowest BCUT2D eigenvalue weighted by molar-refractivity contribution is -0.275. The predicted octanol–water partition coefficient (Wildman–Crippen LogP) is 3.37. The van der Waals surface area contributed by atoms with Gasteiger partial charge in [0.25, 0.3) is 6.43 Å². The van der Waals surface area contributed by atoms with Crippen molar-refractivity contribution in [2.45, 2.75) is 25.1 Å². The van der Waals surface area contributed by atoms with Gasteiger partial charge in [-0.15, -0.1) is 24.8 Å². The SMILES string of the molecule is COC(=O)Cc1c(C(F)F)cnc(CCl)c1OC(F)(F)F. The van der Waals surface area contributed by atoms with E-state index < -0.39 is 53.6 Å². The molecule has 10 heteroatoms. The van der Waals surface area contributed by atoms with Gasteiger partial charge in [0.15, 0.2) is 5.75 Å². The summed E-state index contributed by atoms with van der Waals surface area (Å²) in [5, 5.41) is 0. The van der Waals surface area contributed by atoms with Gasteiger partial charge in [0.2, 0.25) is 0 Å². The summed E-state index contributed by atoms with van der Waals surface area (Å²) in [4.78, 5) is 14.6. The number of carbonyl (C=O) groups is 1. The third kappa shape index (κ3) is 4.69. The Morgan fingerprint density at radius 1 is 1.43 bits per heavy atom. The molecule has 0 saturated heterocycles. The first-order valence-corrected chi connectivity index (χ1v) is 5.90. The first kappa shape index (κ1) is 17.4. The zero-order valence-electron chi connectivity index (χ0n) is 10.5. The fraction of sp³-hybridized carbons (Fsp3) is 0.455. The van der Waals surface area contributed by atoms with Crippen LogP contribution in [0.2, 0.25) is 0 Å². The molecule has 0 aliphatic carbocycles. The van der Waals surface area contributed by atoms with E-state index in [0.717, 1.165) is 7.11 Å². The minimum atomic E-state index is -5.14. The van der Waals surface area contributed by atoms with Crippen molar-refractivity contribution in [1.82, 2.24) is 4.98 Å². The monoisotopic (exact) mass is 333 g/mol. The van der Waals surface area contributed by atoms with E-state index in [4.69, 9.17) is 11.6 Å². The minimum Gasteiger partial charge on any atom is -0.469 e. The van der Waals surface area contributed by atoms with E-state index in [1.54, 1.807) is 0 Å². The maximum absolute atomic E-state index is 12.9. The first-order valence-electron chi connectivity index (χ1n) is 5.37. The van der Waals surface area contributed by atoms with E-state index in [-0.39, 0.29) is 0 Å². The Kier molecular flexibility index (Phi) is 5.70. The Balaban J connectivity index is 3.45. The number of hydrogen-bond acceptors (Lipinski definition) is 4. The number of rotatable bonds is 5.